The Kier molecular flexibility index (Phi) is 9.06. The summed E-state index contributed by atoms with van der Waals surface area (Å²) in [6, 6.07) is 41.1. The number of ether oxygens (including phenoxy) is 2. The Morgan fingerprint density at radius 3 is 1.47 bits per heavy atom. The van der Waals surface area contributed by atoms with Gasteiger partial charge in [0.25, 0.3) is 0 Å². The molecule has 1 N–H and O–H groups in total. The van der Waals surface area contributed by atoms with E-state index in [1.165, 1.54) is 14.2 Å². The third-order valence-electron chi connectivity index (χ3n) is 7.35. The van der Waals surface area contributed by atoms with E-state index in [1.807, 2.05) is 72.8 Å². The van der Waals surface area contributed by atoms with Crippen LogP contribution in [0.1, 0.15) is 20.8 Å². The second-order valence-electron chi connectivity index (χ2n) is 11.3. The first kappa shape index (κ1) is 30.5. The lowest BCUT2D eigenvalue weighted by Gasteiger charge is -2.36. The van der Waals surface area contributed by atoms with Crippen LogP contribution in [0.4, 0.5) is 0 Å². The number of hydrogen-bond acceptors (Lipinski definition) is 5. The molecule has 0 spiro atoms. The second kappa shape index (κ2) is 12.8. The van der Waals surface area contributed by atoms with Gasteiger partial charge < -0.3 is 14.8 Å². The van der Waals surface area contributed by atoms with Crippen LogP contribution in [0.2, 0.25) is 0 Å². The van der Waals surface area contributed by atoms with Gasteiger partial charge in [-0.3, -0.25) is 4.79 Å². The van der Waals surface area contributed by atoms with Gasteiger partial charge >= 0.3 is 11.9 Å². The van der Waals surface area contributed by atoms with Crippen molar-refractivity contribution in [3.05, 3.63) is 132 Å². The summed E-state index contributed by atoms with van der Waals surface area (Å²) in [6.45, 7) is 3.20. The van der Waals surface area contributed by atoms with Crippen LogP contribution in [-0.2, 0) is 19.1 Å². The molecule has 0 amide bonds. The number of carbonyl (C=O) groups is 2. The highest BCUT2D eigenvalue weighted by Crippen LogP contribution is 2.72. The number of esters is 2. The smallest absolute Gasteiger partial charge is 0.336 e. The van der Waals surface area contributed by atoms with Crippen molar-refractivity contribution in [3.63, 3.8) is 0 Å². The van der Waals surface area contributed by atoms with E-state index < -0.39 is 38.2 Å². The summed E-state index contributed by atoms with van der Waals surface area (Å²) in [5.41, 5.74) is 0.287. The molecule has 0 fully saturated rings. The highest BCUT2D eigenvalue weighted by Gasteiger charge is 2.53. The lowest BCUT2D eigenvalue weighted by Crippen LogP contribution is -2.42. The van der Waals surface area contributed by atoms with Gasteiger partial charge in [0.1, 0.15) is 5.92 Å². The molecule has 1 heterocycles. The van der Waals surface area contributed by atoms with Gasteiger partial charge in [-0.2, -0.15) is 0 Å². The Morgan fingerprint density at radius 1 is 0.674 bits per heavy atom. The van der Waals surface area contributed by atoms with Crippen molar-refractivity contribution < 1.29 is 19.1 Å². The molecule has 43 heavy (non-hydrogen) atoms. The first-order valence-electron chi connectivity index (χ1n) is 14.2. The van der Waals surface area contributed by atoms with Crippen LogP contribution in [0.5, 0.6) is 0 Å². The van der Waals surface area contributed by atoms with Crippen molar-refractivity contribution in [2.75, 3.05) is 14.2 Å². The molecule has 5 rings (SSSR count). The summed E-state index contributed by atoms with van der Waals surface area (Å²) >= 11 is 0. The Morgan fingerprint density at radius 2 is 1.09 bits per heavy atom. The minimum absolute atomic E-state index is 0.431. The third kappa shape index (κ3) is 5.73. The molecule has 1 atom stereocenters. The molecular formula is C36H37NO4P2. The van der Waals surface area contributed by atoms with Crippen molar-refractivity contribution >= 4 is 53.3 Å². The van der Waals surface area contributed by atoms with Crippen LogP contribution in [0.15, 0.2) is 132 Å². The van der Waals surface area contributed by atoms with E-state index in [9.17, 15) is 9.59 Å². The molecule has 0 aliphatic carbocycles. The molecule has 1 unspecified atom stereocenters. The van der Waals surface area contributed by atoms with Crippen molar-refractivity contribution in [1.29, 1.82) is 0 Å². The van der Waals surface area contributed by atoms with Gasteiger partial charge in [-0.15, -0.1) is 0 Å². The molecule has 0 saturated heterocycles. The number of nitrogens with one attached hydrogen (secondary N) is 1. The van der Waals surface area contributed by atoms with E-state index in [4.69, 9.17) is 9.47 Å². The fraction of sp³-hybridized carbons (Fsp3) is 0.194. The zero-order valence-corrected chi connectivity index (χ0v) is 26.9. The number of hydrogen-bond donors (Lipinski definition) is 1. The van der Waals surface area contributed by atoms with Crippen molar-refractivity contribution in [3.8, 4) is 0 Å². The van der Waals surface area contributed by atoms with Gasteiger partial charge in [-0.05, 0) is 56.8 Å². The molecule has 1 aliphatic heterocycles. The molecule has 4 aromatic rings. The van der Waals surface area contributed by atoms with E-state index in [1.54, 1.807) is 0 Å². The molecule has 0 saturated carbocycles. The summed E-state index contributed by atoms with van der Waals surface area (Å²) in [7, 11) is 1.51. The minimum atomic E-state index is -3.01. The molecule has 5 nitrogen and oxygen atoms in total. The molecule has 220 valence electrons. The molecule has 7 heteroatoms. The first-order chi connectivity index (χ1) is 20.7. The summed E-state index contributed by atoms with van der Waals surface area (Å²) in [5, 5.41) is 9.45. The van der Waals surface area contributed by atoms with Crippen LogP contribution >= 0.6 is 14.8 Å². The number of benzene rings is 4. The van der Waals surface area contributed by atoms with Gasteiger partial charge in [-0.1, -0.05) is 121 Å². The van der Waals surface area contributed by atoms with Gasteiger partial charge in [-0.25, -0.2) is 4.79 Å². The van der Waals surface area contributed by atoms with E-state index in [-0.39, 0.29) is 0 Å². The number of carbonyl (C=O) groups excluding carboxylic acids is 2. The Labute approximate surface area is 255 Å². The predicted octanol–water partition coefficient (Wildman–Crippen LogP) is 5.49. The summed E-state index contributed by atoms with van der Waals surface area (Å²) in [6.07, 6.45) is 0. The fourth-order valence-corrected chi connectivity index (χ4v) is 15.2. The normalized spacial score (nSPS) is 16.2. The quantitative estimate of drug-likeness (QED) is 0.211. The Hall–Kier alpha value is -3.91. The van der Waals surface area contributed by atoms with Crippen LogP contribution in [-0.4, -0.2) is 37.0 Å². The first-order valence-corrected chi connectivity index (χ1v) is 17.3. The maximum absolute atomic E-state index is 14.3. The average Bonchev–Trinajstić information content (AvgIpc) is 3.32. The van der Waals surface area contributed by atoms with Gasteiger partial charge in [0.05, 0.1) is 19.5 Å². The highest BCUT2D eigenvalue weighted by molar-refractivity contribution is 8.05. The van der Waals surface area contributed by atoms with Gasteiger partial charge in [0, 0.05) is 16.3 Å². The van der Waals surface area contributed by atoms with Gasteiger partial charge in [0.15, 0.2) is 0 Å². The lowest BCUT2D eigenvalue weighted by atomic mass is 9.99. The largest absolute Gasteiger partial charge is 0.468 e. The maximum Gasteiger partial charge on any atom is 0.336 e. The standard InChI is InChI=1S/C36H37NO4P2/c1-36(2,3)37-31-30(33(38)40-4)32(34(39)41-5)43(28-22-14-8-15-23-28,29-24-16-9-17-25-29)35(31)42(26-18-10-6-11-19-26)27-20-12-7-13-21-27/h6-25,30,37H,1-5H3. The van der Waals surface area contributed by atoms with Crippen LogP contribution < -0.4 is 26.5 Å². The minimum Gasteiger partial charge on any atom is -0.468 e. The molecule has 4 aromatic carbocycles. The fourth-order valence-electron chi connectivity index (χ4n) is 5.79. The molecule has 0 aromatic heterocycles. The van der Waals surface area contributed by atoms with Crippen molar-refractivity contribution in [1.82, 2.24) is 5.32 Å². The predicted molar refractivity (Wildman–Crippen MR) is 181 cm³/mol. The maximum atomic E-state index is 14.3. The number of methoxy groups -OCH3 is 2. The monoisotopic (exact) mass is 609 g/mol. The number of rotatable bonds is 8. The molecular weight excluding hydrogens is 572 g/mol. The van der Waals surface area contributed by atoms with Crippen molar-refractivity contribution in [2.24, 2.45) is 5.92 Å². The SMILES string of the molecule is COC(=O)C1=P(c2ccccc2)(c2ccccc2)C(P(c2ccccc2)c2ccccc2)=C(NC(C)(C)C)C1C(=O)OC. The Bertz CT molecular complexity index is 1600. The van der Waals surface area contributed by atoms with Crippen LogP contribution in [0.25, 0.3) is 0 Å². The Balaban J connectivity index is 2.10. The van der Waals surface area contributed by atoms with Crippen LogP contribution in [0, 0.1) is 5.92 Å². The van der Waals surface area contributed by atoms with Crippen LogP contribution in [0.3, 0.4) is 0 Å². The summed E-state index contributed by atoms with van der Waals surface area (Å²) in [4.78, 5) is 28.3. The zero-order valence-electron chi connectivity index (χ0n) is 25.2. The van der Waals surface area contributed by atoms with E-state index in [0.29, 0.717) is 5.29 Å². The van der Waals surface area contributed by atoms with E-state index in [2.05, 4.69) is 74.6 Å². The lowest BCUT2D eigenvalue weighted by molar-refractivity contribution is -0.143. The van der Waals surface area contributed by atoms with Crippen molar-refractivity contribution in [2.45, 2.75) is 26.3 Å². The summed E-state index contributed by atoms with van der Waals surface area (Å²) < 4.78 is 11.1. The third-order valence-corrected chi connectivity index (χ3v) is 15.3. The van der Waals surface area contributed by atoms with Gasteiger partial charge in [0.2, 0.25) is 0 Å². The van der Waals surface area contributed by atoms with E-state index >= 15 is 0 Å². The second-order valence-corrected chi connectivity index (χ2v) is 17.1. The van der Waals surface area contributed by atoms with E-state index in [0.717, 1.165) is 32.0 Å². The molecule has 0 bridgehead atoms. The highest BCUT2D eigenvalue weighted by atomic mass is 31.2. The molecule has 0 radical (unpaired) electrons. The zero-order chi connectivity index (χ0) is 30.6. The summed E-state index contributed by atoms with van der Waals surface area (Å²) in [5.74, 6) is -1.97. The topological polar surface area (TPSA) is 64.6 Å². The average molecular weight is 610 g/mol. The molecule has 1 aliphatic rings.